The van der Waals surface area contributed by atoms with Crippen LogP contribution in [0.15, 0.2) is 35.2 Å². The van der Waals surface area contributed by atoms with Crippen molar-refractivity contribution in [3.05, 3.63) is 47.1 Å². The minimum atomic E-state index is -0.118. The van der Waals surface area contributed by atoms with E-state index < -0.39 is 0 Å². The van der Waals surface area contributed by atoms with Crippen molar-refractivity contribution in [1.82, 2.24) is 10.3 Å². The van der Waals surface area contributed by atoms with Gasteiger partial charge in [-0.1, -0.05) is 11.6 Å². The van der Waals surface area contributed by atoms with E-state index in [1.165, 1.54) is 6.39 Å². The van der Waals surface area contributed by atoms with Crippen molar-refractivity contribution in [2.45, 2.75) is 19.4 Å². The van der Waals surface area contributed by atoms with Gasteiger partial charge >= 0.3 is 0 Å². The summed E-state index contributed by atoms with van der Waals surface area (Å²) in [5, 5.41) is 4.08. The maximum Gasteiger partial charge on any atom is 0.181 e. The van der Waals surface area contributed by atoms with Crippen LogP contribution in [-0.2, 0) is 0 Å². The van der Waals surface area contributed by atoms with Gasteiger partial charge in [-0.05, 0) is 43.7 Å². The summed E-state index contributed by atoms with van der Waals surface area (Å²) in [4.78, 5) is 4.00. The topological polar surface area (TPSA) is 47.3 Å². The summed E-state index contributed by atoms with van der Waals surface area (Å²) >= 11 is 5.99. The van der Waals surface area contributed by atoms with Crippen molar-refractivity contribution in [3.63, 3.8) is 0 Å². The van der Waals surface area contributed by atoms with Crippen LogP contribution in [-0.4, -0.2) is 18.1 Å². The maximum atomic E-state index is 6.20. The first-order valence-electron chi connectivity index (χ1n) is 6.76. The van der Waals surface area contributed by atoms with E-state index in [0.717, 1.165) is 36.6 Å². The number of rotatable bonds is 4. The summed E-state index contributed by atoms with van der Waals surface area (Å²) in [6.45, 7) is 3.93. The number of aryl methyl sites for hydroxylation is 1. The molecule has 0 aliphatic carbocycles. The molecule has 1 aliphatic rings. The molecule has 1 aromatic carbocycles. The number of halogens is 1. The van der Waals surface area contributed by atoms with Crippen molar-refractivity contribution < 1.29 is 9.15 Å². The summed E-state index contributed by atoms with van der Waals surface area (Å²) < 4.78 is 11.7. The zero-order valence-electron chi connectivity index (χ0n) is 11.3. The van der Waals surface area contributed by atoms with Crippen LogP contribution < -0.4 is 10.1 Å². The Bertz CT molecular complexity index is 565. The second-order valence-corrected chi connectivity index (χ2v) is 5.54. The van der Waals surface area contributed by atoms with Gasteiger partial charge in [0.25, 0.3) is 0 Å². The van der Waals surface area contributed by atoms with Crippen LogP contribution in [0.3, 0.4) is 0 Å². The Kier molecular flexibility index (Phi) is 3.94. The van der Waals surface area contributed by atoms with Gasteiger partial charge in [0.2, 0.25) is 0 Å². The number of hydrogen-bond acceptors (Lipinski definition) is 4. The molecule has 0 amide bonds. The molecule has 2 atom stereocenters. The Morgan fingerprint density at radius 2 is 2.40 bits per heavy atom. The molecule has 1 saturated heterocycles. The Balaban J connectivity index is 1.86. The molecule has 0 radical (unpaired) electrons. The maximum absolute atomic E-state index is 6.20. The van der Waals surface area contributed by atoms with Crippen molar-refractivity contribution >= 4 is 11.6 Å². The molecule has 0 saturated carbocycles. The molecular formula is C15H17ClN2O2. The third-order valence-electron chi connectivity index (χ3n) is 3.65. The highest BCUT2D eigenvalue weighted by molar-refractivity contribution is 6.30. The minimum absolute atomic E-state index is 0.118. The summed E-state index contributed by atoms with van der Waals surface area (Å²) in [5.74, 6) is 1.99. The second kappa shape index (κ2) is 5.85. The predicted molar refractivity (Wildman–Crippen MR) is 77.0 cm³/mol. The van der Waals surface area contributed by atoms with Crippen LogP contribution in [0, 0.1) is 12.8 Å². The Hall–Kier alpha value is -1.52. The van der Waals surface area contributed by atoms with E-state index in [4.69, 9.17) is 20.8 Å². The molecule has 2 heterocycles. The molecule has 106 valence electrons. The number of oxazole rings is 1. The summed E-state index contributed by atoms with van der Waals surface area (Å²) in [6, 6.07) is 5.65. The molecule has 1 aliphatic heterocycles. The molecule has 0 bridgehead atoms. The molecule has 20 heavy (non-hydrogen) atoms. The Morgan fingerprint density at radius 1 is 1.50 bits per heavy atom. The van der Waals surface area contributed by atoms with Gasteiger partial charge in [-0.15, -0.1) is 0 Å². The van der Waals surface area contributed by atoms with E-state index in [9.17, 15) is 0 Å². The van der Waals surface area contributed by atoms with Gasteiger partial charge in [-0.25, -0.2) is 4.98 Å². The van der Waals surface area contributed by atoms with E-state index in [0.29, 0.717) is 10.9 Å². The lowest BCUT2D eigenvalue weighted by Crippen LogP contribution is -2.21. The summed E-state index contributed by atoms with van der Waals surface area (Å²) in [6.07, 6.45) is 4.13. The number of benzene rings is 1. The summed E-state index contributed by atoms with van der Waals surface area (Å²) in [5.41, 5.74) is 1.02. The highest BCUT2D eigenvalue weighted by Crippen LogP contribution is 2.33. The fourth-order valence-corrected chi connectivity index (χ4v) is 2.80. The molecule has 2 unspecified atom stereocenters. The Labute approximate surface area is 123 Å². The van der Waals surface area contributed by atoms with Crippen LogP contribution in [0.1, 0.15) is 23.8 Å². The largest absolute Gasteiger partial charge is 0.482 e. The lowest BCUT2D eigenvalue weighted by molar-refractivity contribution is 0.119. The molecular weight excluding hydrogens is 276 g/mol. The molecule has 0 spiro atoms. The molecule has 2 aromatic rings. The first-order valence-corrected chi connectivity index (χ1v) is 7.14. The molecule has 4 nitrogen and oxygen atoms in total. The predicted octanol–water partition coefficient (Wildman–Crippen LogP) is 3.37. The first kappa shape index (κ1) is 13.5. The number of nitrogens with one attached hydrogen (secondary N) is 1. The van der Waals surface area contributed by atoms with E-state index in [1.54, 1.807) is 6.20 Å². The van der Waals surface area contributed by atoms with E-state index >= 15 is 0 Å². The first-order chi connectivity index (χ1) is 9.74. The quantitative estimate of drug-likeness (QED) is 0.938. The van der Waals surface area contributed by atoms with E-state index in [2.05, 4.69) is 10.3 Å². The zero-order valence-corrected chi connectivity index (χ0v) is 12.1. The monoisotopic (exact) mass is 292 g/mol. The fourth-order valence-electron chi connectivity index (χ4n) is 2.57. The zero-order chi connectivity index (χ0) is 13.9. The Morgan fingerprint density at radius 3 is 3.05 bits per heavy atom. The van der Waals surface area contributed by atoms with Crippen molar-refractivity contribution in [2.24, 2.45) is 5.92 Å². The highest BCUT2D eigenvalue weighted by Gasteiger charge is 2.30. The van der Waals surface area contributed by atoms with E-state index in [-0.39, 0.29) is 6.10 Å². The van der Waals surface area contributed by atoms with Gasteiger partial charge in [0.15, 0.2) is 18.3 Å². The number of aromatic nitrogens is 1. The number of nitrogens with zero attached hydrogens (tertiary/aromatic N) is 1. The van der Waals surface area contributed by atoms with Crippen LogP contribution in [0.25, 0.3) is 0 Å². The third kappa shape index (κ3) is 2.81. The molecule has 1 aromatic heterocycles. The van der Waals surface area contributed by atoms with Gasteiger partial charge < -0.3 is 14.5 Å². The standard InChI is InChI=1S/C15H17ClN2O2/c1-10-6-12(16)2-3-13(10)20-15(11-4-5-17-7-11)14-8-18-9-19-14/h2-3,6,8-9,11,15,17H,4-5,7H2,1H3. The number of ether oxygens (including phenoxy) is 1. The smallest absolute Gasteiger partial charge is 0.181 e. The fraction of sp³-hybridized carbons (Fsp3) is 0.400. The molecule has 1 fully saturated rings. The number of hydrogen-bond donors (Lipinski definition) is 1. The van der Waals surface area contributed by atoms with Gasteiger partial charge in [-0.3, -0.25) is 0 Å². The SMILES string of the molecule is Cc1cc(Cl)ccc1OC(c1cnco1)C1CCNC1. The van der Waals surface area contributed by atoms with Gasteiger partial charge in [0.05, 0.1) is 6.20 Å². The average Bonchev–Trinajstić information content (AvgIpc) is 3.11. The summed E-state index contributed by atoms with van der Waals surface area (Å²) in [7, 11) is 0. The van der Waals surface area contributed by atoms with E-state index in [1.807, 2.05) is 25.1 Å². The van der Waals surface area contributed by atoms with Crippen LogP contribution >= 0.6 is 11.6 Å². The minimum Gasteiger partial charge on any atom is -0.482 e. The van der Waals surface area contributed by atoms with Crippen molar-refractivity contribution in [1.29, 1.82) is 0 Å². The van der Waals surface area contributed by atoms with Crippen LogP contribution in [0.4, 0.5) is 0 Å². The lowest BCUT2D eigenvalue weighted by atomic mass is 9.99. The third-order valence-corrected chi connectivity index (χ3v) is 3.88. The molecule has 5 heteroatoms. The van der Waals surface area contributed by atoms with Crippen LogP contribution in [0.5, 0.6) is 5.75 Å². The van der Waals surface area contributed by atoms with Crippen molar-refractivity contribution in [3.8, 4) is 5.75 Å². The molecule has 1 N–H and O–H groups in total. The van der Waals surface area contributed by atoms with Gasteiger partial charge in [0.1, 0.15) is 5.75 Å². The normalized spacial score (nSPS) is 20.0. The average molecular weight is 293 g/mol. The second-order valence-electron chi connectivity index (χ2n) is 5.10. The lowest BCUT2D eigenvalue weighted by Gasteiger charge is -2.23. The molecule has 3 rings (SSSR count). The van der Waals surface area contributed by atoms with Crippen LogP contribution in [0.2, 0.25) is 5.02 Å². The van der Waals surface area contributed by atoms with Gasteiger partial charge in [-0.2, -0.15) is 0 Å². The van der Waals surface area contributed by atoms with Crippen molar-refractivity contribution in [2.75, 3.05) is 13.1 Å². The highest BCUT2D eigenvalue weighted by atomic mass is 35.5. The van der Waals surface area contributed by atoms with Gasteiger partial charge in [0, 0.05) is 17.5 Å².